The molecular weight excluding hydrogens is 224 g/mol. The van der Waals surface area contributed by atoms with Crippen LogP contribution in [0.15, 0.2) is 0 Å². The van der Waals surface area contributed by atoms with Gasteiger partial charge in [0, 0.05) is 0 Å². The van der Waals surface area contributed by atoms with Gasteiger partial charge in [0.05, 0.1) is 6.61 Å². The molecule has 16 heavy (non-hydrogen) atoms. The van der Waals surface area contributed by atoms with Crippen LogP contribution >= 0.6 is 0 Å². The maximum Gasteiger partial charge on any atom is 0.151 e. The average Bonchev–Trinajstić information content (AvgIpc) is 2.32. The zero-order valence-electron chi connectivity index (χ0n) is 8.29. The smallest absolute Gasteiger partial charge is 0.151 e. The predicted octanol–water partition coefficient (Wildman–Crippen LogP) is -4.66. The molecule has 0 aliphatic carbocycles. The van der Waals surface area contributed by atoms with E-state index in [4.69, 9.17) is 25.5 Å². The normalized spacial score (nSPS) is 22.9. The van der Waals surface area contributed by atoms with Gasteiger partial charge in [0.2, 0.25) is 0 Å². The summed E-state index contributed by atoms with van der Waals surface area (Å²) in [5.74, 6) is 0. The first-order valence-electron chi connectivity index (χ1n) is 4.51. The molecule has 0 saturated heterocycles. The summed E-state index contributed by atoms with van der Waals surface area (Å²) in [5.41, 5.74) is 0. The van der Waals surface area contributed by atoms with Crippen LogP contribution in [0.4, 0.5) is 0 Å². The van der Waals surface area contributed by atoms with E-state index < -0.39 is 43.2 Å². The van der Waals surface area contributed by atoms with E-state index >= 15 is 0 Å². The maximum absolute atomic E-state index is 10.1. The zero-order valence-corrected chi connectivity index (χ0v) is 8.29. The molecule has 0 rings (SSSR count). The average molecular weight is 240 g/mol. The molecule has 0 aliphatic rings. The topological polar surface area (TPSA) is 159 Å². The van der Waals surface area contributed by atoms with Gasteiger partial charge in [-0.1, -0.05) is 0 Å². The molecule has 0 aromatic rings. The number of aliphatic hydroxyl groups is 7. The van der Waals surface area contributed by atoms with Crippen molar-refractivity contribution in [2.24, 2.45) is 0 Å². The molecule has 0 aromatic carbocycles. The molecule has 0 spiro atoms. The van der Waals surface area contributed by atoms with Crippen LogP contribution in [0.1, 0.15) is 0 Å². The minimum atomic E-state index is -2.05. The number of hydrogen-bond donors (Lipinski definition) is 7. The Morgan fingerprint density at radius 3 is 1.62 bits per heavy atom. The molecule has 0 aromatic heterocycles. The molecule has 7 N–H and O–H groups in total. The van der Waals surface area contributed by atoms with Crippen molar-refractivity contribution in [3.8, 4) is 0 Å². The van der Waals surface area contributed by atoms with Crippen molar-refractivity contribution in [1.82, 2.24) is 0 Å². The van der Waals surface area contributed by atoms with Crippen molar-refractivity contribution in [3.63, 3.8) is 0 Å². The van der Waals surface area contributed by atoms with Gasteiger partial charge < -0.3 is 40.5 Å². The molecule has 0 bridgehead atoms. The molecule has 0 fully saturated rings. The van der Waals surface area contributed by atoms with E-state index in [1.165, 1.54) is 0 Å². The predicted molar refractivity (Wildman–Crippen MR) is 49.2 cm³/mol. The SMILES string of the molecule is O=C[C@@H](O)[C@H](O)[C@H](O)[C@@H](O)[C@H](O)[C@H](O)CO. The highest BCUT2D eigenvalue weighted by molar-refractivity contribution is 5.56. The highest BCUT2D eigenvalue weighted by Crippen LogP contribution is 2.10. The number of carbonyl (C=O) groups is 1. The number of aldehydes is 1. The van der Waals surface area contributed by atoms with Gasteiger partial charge in [-0.2, -0.15) is 0 Å². The Morgan fingerprint density at radius 2 is 1.25 bits per heavy atom. The van der Waals surface area contributed by atoms with Gasteiger partial charge >= 0.3 is 0 Å². The van der Waals surface area contributed by atoms with Crippen LogP contribution in [0.5, 0.6) is 0 Å². The Bertz CT molecular complexity index is 210. The third kappa shape index (κ3) is 3.76. The molecule has 0 saturated carbocycles. The van der Waals surface area contributed by atoms with Crippen LogP contribution in [0.25, 0.3) is 0 Å². The van der Waals surface area contributed by atoms with E-state index in [1.807, 2.05) is 0 Å². The van der Waals surface area contributed by atoms with Crippen molar-refractivity contribution >= 4 is 6.29 Å². The van der Waals surface area contributed by atoms with Crippen LogP contribution in [-0.2, 0) is 4.79 Å². The van der Waals surface area contributed by atoms with E-state index in [0.29, 0.717) is 0 Å². The van der Waals surface area contributed by atoms with Gasteiger partial charge in [-0.3, -0.25) is 0 Å². The highest BCUT2D eigenvalue weighted by Gasteiger charge is 2.36. The Morgan fingerprint density at radius 1 is 0.812 bits per heavy atom. The summed E-state index contributed by atoms with van der Waals surface area (Å²) >= 11 is 0. The number of rotatable bonds is 7. The third-order valence-electron chi connectivity index (χ3n) is 2.12. The summed E-state index contributed by atoms with van der Waals surface area (Å²) in [5, 5.41) is 63.0. The first kappa shape index (κ1) is 15.4. The third-order valence-corrected chi connectivity index (χ3v) is 2.12. The van der Waals surface area contributed by atoms with Crippen LogP contribution in [0.2, 0.25) is 0 Å². The molecule has 96 valence electrons. The highest BCUT2D eigenvalue weighted by atomic mass is 16.4. The standard InChI is InChI=1S/C8H16O8/c9-1-3(11)5(13)7(15)8(16)6(14)4(12)2-10/h1,3-8,10-16H,2H2/t3-,4-,5+,6-,7+,8+/m1/s1. The molecule has 8 heteroatoms. The number of aliphatic hydroxyl groups excluding tert-OH is 7. The maximum atomic E-state index is 10.1. The lowest BCUT2D eigenvalue weighted by atomic mass is 9.97. The molecule has 0 heterocycles. The lowest BCUT2D eigenvalue weighted by Crippen LogP contribution is -2.53. The Kier molecular flexibility index (Phi) is 6.60. The minimum Gasteiger partial charge on any atom is -0.394 e. The first-order valence-corrected chi connectivity index (χ1v) is 4.51. The van der Waals surface area contributed by atoms with Crippen LogP contribution in [0.3, 0.4) is 0 Å². The summed E-state index contributed by atoms with van der Waals surface area (Å²) < 4.78 is 0. The van der Waals surface area contributed by atoms with E-state index in [1.54, 1.807) is 0 Å². The molecule has 8 nitrogen and oxygen atoms in total. The van der Waals surface area contributed by atoms with E-state index in [2.05, 4.69) is 0 Å². The summed E-state index contributed by atoms with van der Waals surface area (Å²) in [6.45, 7) is -0.864. The lowest BCUT2D eigenvalue weighted by Gasteiger charge is -2.29. The molecule has 0 unspecified atom stereocenters. The summed E-state index contributed by atoms with van der Waals surface area (Å²) in [7, 11) is 0. The first-order chi connectivity index (χ1) is 7.36. The van der Waals surface area contributed by atoms with Gasteiger partial charge in [0.15, 0.2) is 6.29 Å². The molecule has 6 atom stereocenters. The van der Waals surface area contributed by atoms with E-state index in [-0.39, 0.29) is 6.29 Å². The van der Waals surface area contributed by atoms with Crippen molar-refractivity contribution in [3.05, 3.63) is 0 Å². The zero-order chi connectivity index (χ0) is 12.9. The quantitative estimate of drug-likeness (QED) is 0.219. The van der Waals surface area contributed by atoms with Gasteiger partial charge in [-0.05, 0) is 0 Å². The van der Waals surface area contributed by atoms with Crippen molar-refractivity contribution in [2.75, 3.05) is 6.61 Å². The lowest BCUT2D eigenvalue weighted by molar-refractivity contribution is -0.159. The van der Waals surface area contributed by atoms with E-state index in [0.717, 1.165) is 0 Å². The van der Waals surface area contributed by atoms with Crippen molar-refractivity contribution in [2.45, 2.75) is 36.6 Å². The van der Waals surface area contributed by atoms with Gasteiger partial charge in [0.25, 0.3) is 0 Å². The fourth-order valence-corrected chi connectivity index (χ4v) is 1.02. The number of hydrogen-bond acceptors (Lipinski definition) is 8. The molecule has 0 radical (unpaired) electrons. The van der Waals surface area contributed by atoms with Gasteiger partial charge in [-0.15, -0.1) is 0 Å². The van der Waals surface area contributed by atoms with Crippen LogP contribution in [0, 0.1) is 0 Å². The Hall–Kier alpha value is -0.610. The van der Waals surface area contributed by atoms with E-state index in [9.17, 15) is 15.0 Å². The van der Waals surface area contributed by atoms with Crippen molar-refractivity contribution in [1.29, 1.82) is 0 Å². The summed E-state index contributed by atoms with van der Waals surface area (Å²) in [6, 6.07) is 0. The fraction of sp³-hybridized carbons (Fsp3) is 0.875. The molecular formula is C8H16O8. The second-order valence-electron chi connectivity index (χ2n) is 3.34. The Balaban J connectivity index is 4.47. The van der Waals surface area contributed by atoms with Gasteiger partial charge in [-0.25, -0.2) is 0 Å². The Labute approximate surface area is 91.0 Å². The largest absolute Gasteiger partial charge is 0.394 e. The molecule has 0 amide bonds. The van der Waals surface area contributed by atoms with Crippen LogP contribution < -0.4 is 0 Å². The van der Waals surface area contributed by atoms with Crippen molar-refractivity contribution < 1.29 is 40.5 Å². The monoisotopic (exact) mass is 240 g/mol. The second kappa shape index (κ2) is 6.86. The summed E-state index contributed by atoms with van der Waals surface area (Å²) in [6.07, 6.45) is -11.7. The second-order valence-corrected chi connectivity index (χ2v) is 3.34. The summed E-state index contributed by atoms with van der Waals surface area (Å²) in [4.78, 5) is 10.1. The van der Waals surface area contributed by atoms with Gasteiger partial charge in [0.1, 0.15) is 36.6 Å². The van der Waals surface area contributed by atoms with Crippen LogP contribution in [-0.4, -0.2) is 85.3 Å². The number of carbonyl (C=O) groups excluding carboxylic acids is 1. The fourth-order valence-electron chi connectivity index (χ4n) is 1.02. The molecule has 0 aliphatic heterocycles. The minimum absolute atomic E-state index is 0.0601.